The number of carbonyl (C=O) groups excluding carboxylic acids is 2. The van der Waals surface area contributed by atoms with Gasteiger partial charge in [0.15, 0.2) is 5.13 Å². The van der Waals surface area contributed by atoms with Crippen molar-refractivity contribution in [1.29, 1.82) is 0 Å². The van der Waals surface area contributed by atoms with Crippen LogP contribution < -0.4 is 10.6 Å². The standard InChI is InChI=1S/C28H37N3O4S/c1-27-12-11-22(33)28(2,16-32)21(27)14-20-24(30-26(36-20)31-25(35)18-9-6-10-18)19(27)13-23(34)29-15-17-7-4-3-5-8-17/h3-5,7-8,18-19,21-22,32-33H,6,9-16H2,1-2H3,(H,29,34)(H,30,31,35)/t19-,21+,22-,27+,28+/m1/s1. The third-order valence-electron chi connectivity index (χ3n) is 9.32. The fourth-order valence-electron chi connectivity index (χ4n) is 6.63. The van der Waals surface area contributed by atoms with E-state index in [9.17, 15) is 19.8 Å². The number of rotatable bonds is 7. The first-order valence-electron chi connectivity index (χ1n) is 13.1. The number of anilines is 1. The summed E-state index contributed by atoms with van der Waals surface area (Å²) in [4.78, 5) is 31.8. The normalized spacial score (nSPS) is 31.6. The predicted octanol–water partition coefficient (Wildman–Crippen LogP) is 4.00. The molecule has 36 heavy (non-hydrogen) atoms. The van der Waals surface area contributed by atoms with Gasteiger partial charge in [0, 0.05) is 35.1 Å². The van der Waals surface area contributed by atoms with Gasteiger partial charge in [-0.25, -0.2) is 4.98 Å². The number of aliphatic hydroxyl groups is 2. The Morgan fingerprint density at radius 1 is 1.17 bits per heavy atom. The Labute approximate surface area is 216 Å². The Kier molecular flexibility index (Phi) is 6.96. The molecule has 2 saturated carbocycles. The number of aliphatic hydroxyl groups excluding tert-OH is 2. The summed E-state index contributed by atoms with van der Waals surface area (Å²) in [5.41, 5.74) is 0.969. The van der Waals surface area contributed by atoms with E-state index in [0.717, 1.165) is 41.8 Å². The predicted molar refractivity (Wildman–Crippen MR) is 139 cm³/mol. The Morgan fingerprint density at radius 2 is 1.92 bits per heavy atom. The summed E-state index contributed by atoms with van der Waals surface area (Å²) < 4.78 is 0. The van der Waals surface area contributed by atoms with E-state index in [2.05, 4.69) is 17.6 Å². The zero-order chi connectivity index (χ0) is 25.5. The number of amides is 2. The van der Waals surface area contributed by atoms with Gasteiger partial charge in [-0.3, -0.25) is 9.59 Å². The molecule has 0 radical (unpaired) electrons. The highest BCUT2D eigenvalue weighted by Crippen LogP contribution is 2.62. The van der Waals surface area contributed by atoms with Crippen LogP contribution in [0, 0.1) is 22.7 Å². The van der Waals surface area contributed by atoms with E-state index >= 15 is 0 Å². The van der Waals surface area contributed by atoms with Crippen LogP contribution in [0.5, 0.6) is 0 Å². The second-order valence-electron chi connectivity index (χ2n) is 11.4. The molecule has 0 aliphatic heterocycles. The molecule has 0 saturated heterocycles. The van der Waals surface area contributed by atoms with Crippen molar-refractivity contribution < 1.29 is 19.8 Å². The largest absolute Gasteiger partial charge is 0.396 e. The molecular weight excluding hydrogens is 474 g/mol. The van der Waals surface area contributed by atoms with Crippen LogP contribution in [0.15, 0.2) is 30.3 Å². The first kappa shape index (κ1) is 25.4. The van der Waals surface area contributed by atoms with Gasteiger partial charge in [-0.05, 0) is 49.0 Å². The quantitative estimate of drug-likeness (QED) is 0.449. The molecule has 0 unspecified atom stereocenters. The van der Waals surface area contributed by atoms with Crippen LogP contribution in [-0.2, 0) is 22.6 Å². The Balaban J connectivity index is 1.43. The average Bonchev–Trinajstić information content (AvgIpc) is 3.23. The lowest BCUT2D eigenvalue weighted by molar-refractivity contribution is -0.144. The zero-order valence-electron chi connectivity index (χ0n) is 21.1. The molecule has 3 aliphatic carbocycles. The van der Waals surface area contributed by atoms with Crippen LogP contribution >= 0.6 is 11.3 Å². The maximum atomic E-state index is 13.2. The van der Waals surface area contributed by atoms with Gasteiger partial charge in [0.1, 0.15) is 0 Å². The smallest absolute Gasteiger partial charge is 0.229 e. The zero-order valence-corrected chi connectivity index (χ0v) is 21.9. The Bertz CT molecular complexity index is 1120. The average molecular weight is 512 g/mol. The van der Waals surface area contributed by atoms with E-state index in [1.54, 1.807) is 0 Å². The van der Waals surface area contributed by atoms with Gasteiger partial charge in [0.25, 0.3) is 0 Å². The van der Waals surface area contributed by atoms with Crippen molar-refractivity contribution in [2.24, 2.45) is 22.7 Å². The number of hydrogen-bond donors (Lipinski definition) is 4. The van der Waals surface area contributed by atoms with Crippen LogP contribution in [0.25, 0.3) is 0 Å². The molecule has 2 amide bonds. The van der Waals surface area contributed by atoms with Gasteiger partial charge in [0.05, 0.1) is 18.4 Å². The molecule has 2 fully saturated rings. The highest BCUT2D eigenvalue weighted by Gasteiger charge is 2.59. The lowest BCUT2D eigenvalue weighted by Gasteiger charge is -2.58. The van der Waals surface area contributed by atoms with Crippen LogP contribution in [0.1, 0.15) is 74.4 Å². The summed E-state index contributed by atoms with van der Waals surface area (Å²) in [6.07, 6.45) is 4.64. The maximum Gasteiger partial charge on any atom is 0.229 e. The summed E-state index contributed by atoms with van der Waals surface area (Å²) in [6, 6.07) is 9.85. The third kappa shape index (κ3) is 4.48. The summed E-state index contributed by atoms with van der Waals surface area (Å²) in [7, 11) is 0. The molecule has 1 heterocycles. The first-order chi connectivity index (χ1) is 17.2. The number of thiazole rings is 1. The second-order valence-corrected chi connectivity index (χ2v) is 12.5. The molecule has 4 N–H and O–H groups in total. The van der Waals surface area contributed by atoms with Crippen LogP contribution in [0.4, 0.5) is 5.13 Å². The van der Waals surface area contributed by atoms with Gasteiger partial charge in [-0.15, -0.1) is 11.3 Å². The lowest BCUT2D eigenvalue weighted by Crippen LogP contribution is -2.57. The van der Waals surface area contributed by atoms with Crippen molar-refractivity contribution in [2.45, 2.75) is 77.4 Å². The summed E-state index contributed by atoms with van der Waals surface area (Å²) in [5.74, 6) is -0.108. The molecule has 194 valence electrons. The Morgan fingerprint density at radius 3 is 2.58 bits per heavy atom. The van der Waals surface area contributed by atoms with Gasteiger partial charge in [-0.1, -0.05) is 50.6 Å². The molecule has 3 aliphatic rings. The lowest BCUT2D eigenvalue weighted by atomic mass is 9.47. The maximum absolute atomic E-state index is 13.2. The molecular formula is C28H37N3O4S. The van der Waals surface area contributed by atoms with Crippen LogP contribution in [0.3, 0.4) is 0 Å². The molecule has 5 atom stereocenters. The minimum absolute atomic E-state index is 0.00573. The van der Waals surface area contributed by atoms with Crippen molar-refractivity contribution in [2.75, 3.05) is 11.9 Å². The fraction of sp³-hybridized carbons (Fsp3) is 0.607. The van der Waals surface area contributed by atoms with E-state index in [1.807, 2.05) is 37.3 Å². The fourth-order valence-corrected chi connectivity index (χ4v) is 7.70. The number of nitrogens with one attached hydrogen (secondary N) is 2. The van der Waals surface area contributed by atoms with Gasteiger partial charge >= 0.3 is 0 Å². The van der Waals surface area contributed by atoms with E-state index in [-0.39, 0.29) is 48.0 Å². The number of fused-ring (bicyclic) bond motifs is 2. The topological polar surface area (TPSA) is 112 Å². The van der Waals surface area contributed by atoms with Crippen molar-refractivity contribution in [1.82, 2.24) is 10.3 Å². The number of nitrogens with zero attached hydrogens (tertiary/aromatic N) is 1. The van der Waals surface area contributed by atoms with Crippen LogP contribution in [0.2, 0.25) is 0 Å². The second kappa shape index (κ2) is 9.88. The highest BCUT2D eigenvalue weighted by molar-refractivity contribution is 7.15. The molecule has 7 nitrogen and oxygen atoms in total. The molecule has 5 rings (SSSR count). The minimum atomic E-state index is -0.664. The number of hydrogen-bond acceptors (Lipinski definition) is 6. The molecule has 0 spiro atoms. The molecule has 8 heteroatoms. The molecule has 1 aromatic heterocycles. The third-order valence-corrected chi connectivity index (χ3v) is 10.3. The number of carbonyl (C=O) groups is 2. The van der Waals surface area contributed by atoms with Crippen molar-refractivity contribution in [3.63, 3.8) is 0 Å². The SMILES string of the molecule is C[C@]1(CO)[C@H]2Cc3sc(NC(=O)C4CCC4)nc3[C@@H](CC(=O)NCc3ccccc3)[C@]2(C)CC[C@H]1O. The first-order valence-corrected chi connectivity index (χ1v) is 14.0. The van der Waals surface area contributed by atoms with Gasteiger partial charge < -0.3 is 20.8 Å². The number of benzene rings is 1. The molecule has 2 aromatic rings. The number of aromatic nitrogens is 1. The summed E-state index contributed by atoms with van der Waals surface area (Å²) in [6.45, 7) is 4.52. The van der Waals surface area contributed by atoms with E-state index in [0.29, 0.717) is 24.5 Å². The monoisotopic (exact) mass is 511 g/mol. The Hall–Kier alpha value is -2.29. The van der Waals surface area contributed by atoms with E-state index < -0.39 is 11.5 Å². The van der Waals surface area contributed by atoms with Gasteiger partial charge in [-0.2, -0.15) is 0 Å². The van der Waals surface area contributed by atoms with Crippen molar-refractivity contribution in [3.05, 3.63) is 46.5 Å². The van der Waals surface area contributed by atoms with Crippen molar-refractivity contribution in [3.8, 4) is 0 Å². The summed E-state index contributed by atoms with van der Waals surface area (Å²) in [5, 5.41) is 28.0. The van der Waals surface area contributed by atoms with E-state index in [1.165, 1.54) is 11.3 Å². The molecule has 0 bridgehead atoms. The van der Waals surface area contributed by atoms with Crippen molar-refractivity contribution >= 4 is 28.3 Å². The minimum Gasteiger partial charge on any atom is -0.396 e. The van der Waals surface area contributed by atoms with E-state index in [4.69, 9.17) is 4.98 Å². The highest BCUT2D eigenvalue weighted by atomic mass is 32.1. The van der Waals surface area contributed by atoms with Crippen LogP contribution in [-0.4, -0.2) is 39.7 Å². The molecule has 1 aromatic carbocycles. The van der Waals surface area contributed by atoms with Gasteiger partial charge in [0.2, 0.25) is 11.8 Å². The summed E-state index contributed by atoms with van der Waals surface area (Å²) >= 11 is 1.49.